The highest BCUT2D eigenvalue weighted by Gasteiger charge is 2.50. The van der Waals surface area contributed by atoms with Gasteiger partial charge < -0.3 is 10.2 Å². The first kappa shape index (κ1) is 11.0. The quantitative estimate of drug-likeness (QED) is 0.664. The van der Waals surface area contributed by atoms with Crippen LogP contribution in [0.1, 0.15) is 33.1 Å². The summed E-state index contributed by atoms with van der Waals surface area (Å²) in [6.45, 7) is 3.83. The van der Waals surface area contributed by atoms with E-state index in [4.69, 9.17) is 10.2 Å². The van der Waals surface area contributed by atoms with Crippen LogP contribution in [0.5, 0.6) is 0 Å². The summed E-state index contributed by atoms with van der Waals surface area (Å²) in [5, 5.41) is 18.0. The molecule has 0 heterocycles. The largest absolute Gasteiger partial charge is 0.480 e. The average Bonchev–Trinajstić information content (AvgIpc) is 2.01. The minimum atomic E-state index is -1.54. The van der Waals surface area contributed by atoms with Gasteiger partial charge in [0.1, 0.15) is 0 Å². The van der Waals surface area contributed by atoms with Crippen molar-refractivity contribution in [2.45, 2.75) is 33.1 Å². The van der Waals surface area contributed by atoms with Gasteiger partial charge in [0.15, 0.2) is 5.41 Å². The van der Waals surface area contributed by atoms with E-state index in [0.29, 0.717) is 0 Å². The van der Waals surface area contributed by atoms with Crippen LogP contribution in [-0.2, 0) is 9.59 Å². The molecule has 4 nitrogen and oxygen atoms in total. The van der Waals surface area contributed by atoms with Crippen molar-refractivity contribution in [1.29, 1.82) is 0 Å². The summed E-state index contributed by atoms with van der Waals surface area (Å²) in [4.78, 5) is 22.1. The molecular formula is C10H16O4. The maximum atomic E-state index is 11.0. The van der Waals surface area contributed by atoms with Crippen LogP contribution in [0.4, 0.5) is 0 Å². The molecule has 1 fully saturated rings. The fourth-order valence-electron chi connectivity index (χ4n) is 2.57. The molecule has 0 aromatic heterocycles. The Morgan fingerprint density at radius 3 is 1.71 bits per heavy atom. The highest BCUT2D eigenvalue weighted by atomic mass is 16.4. The van der Waals surface area contributed by atoms with Gasteiger partial charge in [0.25, 0.3) is 0 Å². The second-order valence-electron chi connectivity index (χ2n) is 4.55. The fourth-order valence-corrected chi connectivity index (χ4v) is 2.57. The van der Waals surface area contributed by atoms with Crippen LogP contribution >= 0.6 is 0 Å². The van der Waals surface area contributed by atoms with Gasteiger partial charge in [-0.3, -0.25) is 9.59 Å². The minimum absolute atomic E-state index is 0.172. The van der Waals surface area contributed by atoms with Crippen LogP contribution in [0.15, 0.2) is 0 Å². The lowest BCUT2D eigenvalue weighted by atomic mass is 9.66. The molecule has 14 heavy (non-hydrogen) atoms. The van der Waals surface area contributed by atoms with Gasteiger partial charge in [0.2, 0.25) is 0 Å². The van der Waals surface area contributed by atoms with E-state index in [1.807, 2.05) is 13.8 Å². The van der Waals surface area contributed by atoms with Crippen LogP contribution in [0.25, 0.3) is 0 Å². The van der Waals surface area contributed by atoms with E-state index in [9.17, 15) is 9.59 Å². The lowest BCUT2D eigenvalue weighted by Gasteiger charge is -2.36. The van der Waals surface area contributed by atoms with Crippen molar-refractivity contribution in [3.05, 3.63) is 0 Å². The predicted molar refractivity (Wildman–Crippen MR) is 49.9 cm³/mol. The first-order valence-electron chi connectivity index (χ1n) is 4.85. The highest BCUT2D eigenvalue weighted by Crippen LogP contribution is 2.42. The summed E-state index contributed by atoms with van der Waals surface area (Å²) in [6, 6.07) is 0. The van der Waals surface area contributed by atoms with Crippen molar-refractivity contribution in [3.8, 4) is 0 Å². The molecule has 0 amide bonds. The van der Waals surface area contributed by atoms with Crippen molar-refractivity contribution in [2.24, 2.45) is 17.3 Å². The molecule has 1 aliphatic carbocycles. The topological polar surface area (TPSA) is 74.6 Å². The van der Waals surface area contributed by atoms with Crippen LogP contribution in [-0.4, -0.2) is 22.2 Å². The Hall–Kier alpha value is -1.06. The van der Waals surface area contributed by atoms with Gasteiger partial charge in [-0.05, 0) is 31.1 Å². The standard InChI is InChI=1S/C10H16O4/c1-6-3-7(2)5-10(4-6,8(11)12)9(13)14/h6-7H,3-5H2,1-2H3,(H,11,12)(H,13,14). The Morgan fingerprint density at radius 2 is 1.43 bits per heavy atom. The maximum absolute atomic E-state index is 11.0. The maximum Gasteiger partial charge on any atom is 0.321 e. The first-order valence-corrected chi connectivity index (χ1v) is 4.85. The molecule has 0 spiro atoms. The summed E-state index contributed by atoms with van der Waals surface area (Å²) in [5.74, 6) is -2.04. The molecule has 0 aromatic rings. The van der Waals surface area contributed by atoms with E-state index in [0.717, 1.165) is 6.42 Å². The highest BCUT2D eigenvalue weighted by molar-refractivity contribution is 5.98. The Balaban J connectivity index is 2.97. The molecule has 1 rings (SSSR count). The number of hydrogen-bond donors (Lipinski definition) is 2. The third-order valence-electron chi connectivity index (χ3n) is 3.02. The van der Waals surface area contributed by atoms with Crippen molar-refractivity contribution in [2.75, 3.05) is 0 Å². The number of carboxylic acids is 2. The van der Waals surface area contributed by atoms with Gasteiger partial charge >= 0.3 is 11.9 Å². The zero-order chi connectivity index (χ0) is 10.9. The van der Waals surface area contributed by atoms with E-state index in [2.05, 4.69) is 0 Å². The molecular weight excluding hydrogens is 184 g/mol. The van der Waals surface area contributed by atoms with Crippen LogP contribution < -0.4 is 0 Å². The third-order valence-corrected chi connectivity index (χ3v) is 3.02. The fraction of sp³-hybridized carbons (Fsp3) is 0.800. The molecule has 0 radical (unpaired) electrons. The molecule has 4 heteroatoms. The van der Waals surface area contributed by atoms with Gasteiger partial charge in [-0.25, -0.2) is 0 Å². The molecule has 0 aliphatic heterocycles. The SMILES string of the molecule is CC1CC(C)CC(C(=O)O)(C(=O)O)C1. The van der Waals surface area contributed by atoms with Crippen LogP contribution in [0, 0.1) is 17.3 Å². The molecule has 0 saturated heterocycles. The third kappa shape index (κ3) is 1.74. The Kier molecular flexibility index (Phi) is 2.83. The van der Waals surface area contributed by atoms with E-state index in [-0.39, 0.29) is 24.7 Å². The molecule has 2 atom stereocenters. The molecule has 0 bridgehead atoms. The van der Waals surface area contributed by atoms with Crippen molar-refractivity contribution in [1.82, 2.24) is 0 Å². The lowest BCUT2D eigenvalue weighted by Crippen LogP contribution is -2.45. The summed E-state index contributed by atoms with van der Waals surface area (Å²) < 4.78 is 0. The van der Waals surface area contributed by atoms with E-state index in [1.165, 1.54) is 0 Å². The Morgan fingerprint density at radius 1 is 1.07 bits per heavy atom. The van der Waals surface area contributed by atoms with Crippen LogP contribution in [0.2, 0.25) is 0 Å². The summed E-state index contributed by atoms with van der Waals surface area (Å²) >= 11 is 0. The van der Waals surface area contributed by atoms with Gasteiger partial charge in [-0.2, -0.15) is 0 Å². The molecule has 0 aromatic carbocycles. The zero-order valence-electron chi connectivity index (χ0n) is 8.49. The van der Waals surface area contributed by atoms with Crippen molar-refractivity contribution < 1.29 is 19.8 Å². The number of carbonyl (C=O) groups is 2. The Labute approximate surface area is 82.9 Å². The van der Waals surface area contributed by atoms with Gasteiger partial charge in [0.05, 0.1) is 0 Å². The normalized spacial score (nSPS) is 31.0. The molecule has 1 saturated carbocycles. The second-order valence-corrected chi connectivity index (χ2v) is 4.55. The first-order chi connectivity index (χ1) is 6.38. The lowest BCUT2D eigenvalue weighted by molar-refractivity contribution is -0.169. The number of aliphatic carboxylic acids is 2. The number of hydrogen-bond acceptors (Lipinski definition) is 2. The second kappa shape index (κ2) is 3.59. The smallest absolute Gasteiger partial charge is 0.321 e. The Bertz CT molecular complexity index is 233. The zero-order valence-corrected chi connectivity index (χ0v) is 8.49. The summed E-state index contributed by atoms with van der Waals surface area (Å²) in [5.41, 5.74) is -1.54. The minimum Gasteiger partial charge on any atom is -0.480 e. The van der Waals surface area contributed by atoms with Crippen molar-refractivity contribution >= 4 is 11.9 Å². The molecule has 2 N–H and O–H groups in total. The van der Waals surface area contributed by atoms with Crippen molar-refractivity contribution in [3.63, 3.8) is 0 Å². The number of carboxylic acid groups (broad SMARTS) is 2. The molecule has 1 aliphatic rings. The molecule has 2 unspecified atom stereocenters. The van der Waals surface area contributed by atoms with Gasteiger partial charge in [-0.1, -0.05) is 13.8 Å². The van der Waals surface area contributed by atoms with Gasteiger partial charge in [-0.15, -0.1) is 0 Å². The monoisotopic (exact) mass is 200 g/mol. The van der Waals surface area contributed by atoms with E-state index >= 15 is 0 Å². The number of rotatable bonds is 2. The average molecular weight is 200 g/mol. The summed E-state index contributed by atoms with van der Waals surface area (Å²) in [6.07, 6.45) is 1.42. The van der Waals surface area contributed by atoms with E-state index in [1.54, 1.807) is 0 Å². The predicted octanol–water partition coefficient (Wildman–Crippen LogP) is 1.60. The van der Waals surface area contributed by atoms with E-state index < -0.39 is 17.4 Å². The molecule has 80 valence electrons. The summed E-state index contributed by atoms with van der Waals surface area (Å²) in [7, 11) is 0. The van der Waals surface area contributed by atoms with Crippen LogP contribution in [0.3, 0.4) is 0 Å². The van der Waals surface area contributed by atoms with Gasteiger partial charge in [0, 0.05) is 0 Å².